The molecular formula is C8H12BrN. The molecule has 10 heavy (non-hydrogen) atoms. The molecule has 0 amide bonds. The van der Waals surface area contributed by atoms with Crippen LogP contribution in [0, 0.1) is 6.92 Å². The van der Waals surface area contributed by atoms with Crippen molar-refractivity contribution in [3.05, 3.63) is 28.5 Å². The highest BCUT2D eigenvalue weighted by Gasteiger charge is 1.82. The molecule has 0 bridgehead atoms. The Morgan fingerprint density at radius 2 is 1.90 bits per heavy atom. The fraction of sp³-hybridized carbons (Fsp3) is 0.375. The summed E-state index contributed by atoms with van der Waals surface area (Å²) in [6, 6.07) is 3.94. The molecular weight excluding hydrogens is 190 g/mol. The summed E-state index contributed by atoms with van der Waals surface area (Å²) in [6.45, 7) is 6.01. The molecule has 0 aliphatic rings. The summed E-state index contributed by atoms with van der Waals surface area (Å²) in [6.07, 6.45) is 1.82. The Labute approximate surface area is 70.6 Å². The lowest BCUT2D eigenvalue weighted by Crippen LogP contribution is -1.74. The number of hydrogen-bond donors (Lipinski definition) is 0. The van der Waals surface area contributed by atoms with E-state index in [2.05, 4.69) is 20.9 Å². The van der Waals surface area contributed by atoms with E-state index < -0.39 is 0 Å². The van der Waals surface area contributed by atoms with Gasteiger partial charge in [-0.2, -0.15) is 0 Å². The minimum atomic E-state index is 0.892. The highest BCUT2D eigenvalue weighted by Crippen LogP contribution is 2.04. The standard InChI is InChI=1S/C6H6BrN.C2H6/c1-5-2-3-6(7)8-4-5;1-2/h2-4H,1H3;1-2H3. The Morgan fingerprint density at radius 3 is 2.20 bits per heavy atom. The van der Waals surface area contributed by atoms with Gasteiger partial charge in [0, 0.05) is 6.20 Å². The van der Waals surface area contributed by atoms with E-state index in [-0.39, 0.29) is 0 Å². The number of aryl methyl sites for hydroxylation is 1. The number of pyridine rings is 1. The average molecular weight is 202 g/mol. The zero-order chi connectivity index (χ0) is 7.98. The number of hydrogen-bond acceptors (Lipinski definition) is 1. The third-order valence-electron chi connectivity index (χ3n) is 0.875. The molecule has 0 unspecified atom stereocenters. The van der Waals surface area contributed by atoms with Crippen molar-refractivity contribution < 1.29 is 0 Å². The predicted molar refractivity (Wildman–Crippen MR) is 48.0 cm³/mol. The second-order valence-electron chi connectivity index (χ2n) is 1.66. The molecule has 1 nitrogen and oxygen atoms in total. The highest BCUT2D eigenvalue weighted by atomic mass is 79.9. The lowest BCUT2D eigenvalue weighted by atomic mass is 10.3. The predicted octanol–water partition coefficient (Wildman–Crippen LogP) is 3.18. The molecule has 0 atom stereocenters. The first-order valence-corrected chi connectivity index (χ1v) is 4.16. The largest absolute Gasteiger partial charge is 0.249 e. The first-order chi connectivity index (χ1) is 4.79. The monoisotopic (exact) mass is 201 g/mol. The fourth-order valence-corrected chi connectivity index (χ4v) is 0.684. The van der Waals surface area contributed by atoms with E-state index in [1.165, 1.54) is 5.56 Å². The maximum absolute atomic E-state index is 4.00. The van der Waals surface area contributed by atoms with Crippen molar-refractivity contribution in [3.63, 3.8) is 0 Å². The van der Waals surface area contributed by atoms with Gasteiger partial charge in [0.2, 0.25) is 0 Å². The Morgan fingerprint density at radius 1 is 1.30 bits per heavy atom. The molecule has 0 spiro atoms. The first-order valence-electron chi connectivity index (χ1n) is 3.37. The van der Waals surface area contributed by atoms with Crippen LogP contribution in [-0.4, -0.2) is 4.98 Å². The summed E-state index contributed by atoms with van der Waals surface area (Å²) in [7, 11) is 0. The Balaban J connectivity index is 0.000000371. The van der Waals surface area contributed by atoms with Gasteiger partial charge >= 0.3 is 0 Å². The van der Waals surface area contributed by atoms with Gasteiger partial charge < -0.3 is 0 Å². The normalized spacial score (nSPS) is 8.00. The molecule has 0 saturated carbocycles. The van der Waals surface area contributed by atoms with Crippen LogP contribution in [0.2, 0.25) is 0 Å². The first kappa shape index (κ1) is 9.63. The second-order valence-corrected chi connectivity index (χ2v) is 2.47. The lowest BCUT2D eigenvalue weighted by Gasteiger charge is -1.87. The summed E-state index contributed by atoms with van der Waals surface area (Å²) in [5, 5.41) is 0. The van der Waals surface area contributed by atoms with Crippen LogP contribution in [0.3, 0.4) is 0 Å². The summed E-state index contributed by atoms with van der Waals surface area (Å²) < 4.78 is 0.892. The van der Waals surface area contributed by atoms with Crippen LogP contribution in [0.1, 0.15) is 19.4 Å². The number of aromatic nitrogens is 1. The van der Waals surface area contributed by atoms with Crippen molar-refractivity contribution >= 4 is 15.9 Å². The topological polar surface area (TPSA) is 12.9 Å². The average Bonchev–Trinajstić information content (AvgIpc) is 2.00. The molecule has 2 heteroatoms. The van der Waals surface area contributed by atoms with Crippen LogP contribution in [0.5, 0.6) is 0 Å². The minimum absolute atomic E-state index is 0.892. The quantitative estimate of drug-likeness (QED) is 0.588. The van der Waals surface area contributed by atoms with Crippen LogP contribution in [0.4, 0.5) is 0 Å². The summed E-state index contributed by atoms with van der Waals surface area (Å²) >= 11 is 3.23. The van der Waals surface area contributed by atoms with E-state index in [1.807, 2.05) is 39.1 Å². The van der Waals surface area contributed by atoms with Gasteiger partial charge in [-0.3, -0.25) is 0 Å². The summed E-state index contributed by atoms with van der Waals surface area (Å²) in [4.78, 5) is 4.00. The smallest absolute Gasteiger partial charge is 0.106 e. The fourth-order valence-electron chi connectivity index (χ4n) is 0.450. The van der Waals surface area contributed by atoms with Gasteiger partial charge in [0.25, 0.3) is 0 Å². The van der Waals surface area contributed by atoms with Crippen molar-refractivity contribution in [1.29, 1.82) is 0 Å². The van der Waals surface area contributed by atoms with Crippen molar-refractivity contribution in [2.75, 3.05) is 0 Å². The molecule has 0 N–H and O–H groups in total. The Bertz CT molecular complexity index is 148. The van der Waals surface area contributed by atoms with Gasteiger partial charge in [-0.25, -0.2) is 4.98 Å². The molecule has 0 fully saturated rings. The van der Waals surface area contributed by atoms with E-state index >= 15 is 0 Å². The molecule has 0 aromatic carbocycles. The van der Waals surface area contributed by atoms with Crippen LogP contribution < -0.4 is 0 Å². The third kappa shape index (κ3) is 3.62. The van der Waals surface area contributed by atoms with E-state index in [0.29, 0.717) is 0 Å². The SMILES string of the molecule is CC.Cc1ccc(Br)nc1. The van der Waals surface area contributed by atoms with Gasteiger partial charge in [-0.05, 0) is 34.5 Å². The van der Waals surface area contributed by atoms with Gasteiger partial charge in [-0.15, -0.1) is 0 Å². The van der Waals surface area contributed by atoms with E-state index in [9.17, 15) is 0 Å². The summed E-state index contributed by atoms with van der Waals surface area (Å²) in [5.41, 5.74) is 1.19. The van der Waals surface area contributed by atoms with Crippen LogP contribution in [0.15, 0.2) is 22.9 Å². The van der Waals surface area contributed by atoms with E-state index in [4.69, 9.17) is 0 Å². The molecule has 0 radical (unpaired) electrons. The van der Waals surface area contributed by atoms with Gasteiger partial charge in [-0.1, -0.05) is 19.9 Å². The number of rotatable bonds is 0. The van der Waals surface area contributed by atoms with Crippen LogP contribution in [-0.2, 0) is 0 Å². The highest BCUT2D eigenvalue weighted by molar-refractivity contribution is 9.10. The maximum Gasteiger partial charge on any atom is 0.106 e. The zero-order valence-corrected chi connectivity index (χ0v) is 8.14. The second kappa shape index (κ2) is 5.42. The molecule has 1 aromatic heterocycles. The van der Waals surface area contributed by atoms with E-state index in [0.717, 1.165) is 4.60 Å². The van der Waals surface area contributed by atoms with Crippen molar-refractivity contribution in [1.82, 2.24) is 4.98 Å². The maximum atomic E-state index is 4.00. The van der Waals surface area contributed by atoms with Crippen LogP contribution in [0.25, 0.3) is 0 Å². The lowest BCUT2D eigenvalue weighted by molar-refractivity contribution is 1.23. The van der Waals surface area contributed by atoms with Crippen molar-refractivity contribution in [3.8, 4) is 0 Å². The number of nitrogens with zero attached hydrogens (tertiary/aromatic N) is 1. The van der Waals surface area contributed by atoms with E-state index in [1.54, 1.807) is 0 Å². The van der Waals surface area contributed by atoms with Crippen molar-refractivity contribution in [2.45, 2.75) is 20.8 Å². The molecule has 0 saturated heterocycles. The third-order valence-corrected chi connectivity index (χ3v) is 1.34. The van der Waals surface area contributed by atoms with Crippen molar-refractivity contribution in [2.24, 2.45) is 0 Å². The van der Waals surface area contributed by atoms with Gasteiger partial charge in [0.1, 0.15) is 4.60 Å². The molecule has 0 aliphatic carbocycles. The Hall–Kier alpha value is -0.370. The van der Waals surface area contributed by atoms with Gasteiger partial charge in [0.05, 0.1) is 0 Å². The van der Waals surface area contributed by atoms with Gasteiger partial charge in [0.15, 0.2) is 0 Å². The molecule has 1 rings (SSSR count). The van der Waals surface area contributed by atoms with Crippen LogP contribution >= 0.6 is 15.9 Å². The minimum Gasteiger partial charge on any atom is -0.249 e. The number of halogens is 1. The Kier molecular flexibility index (Phi) is 5.22. The molecule has 1 aromatic rings. The summed E-state index contributed by atoms with van der Waals surface area (Å²) in [5.74, 6) is 0. The zero-order valence-electron chi connectivity index (χ0n) is 6.56. The molecule has 1 heterocycles. The molecule has 56 valence electrons. The molecule has 0 aliphatic heterocycles.